The highest BCUT2D eigenvalue weighted by Gasteiger charge is 1.99. The molecule has 13 heavy (non-hydrogen) atoms. The van der Waals surface area contributed by atoms with Gasteiger partial charge in [-0.1, -0.05) is 31.4 Å². The quantitative estimate of drug-likeness (QED) is 0.359. The van der Waals surface area contributed by atoms with E-state index in [1.165, 1.54) is 0 Å². The second-order valence-electron chi connectivity index (χ2n) is 2.16. The Kier molecular flexibility index (Phi) is 6.24. The molecule has 0 aliphatic heterocycles. The molecule has 0 aliphatic carbocycles. The van der Waals surface area contributed by atoms with Crippen LogP contribution in [0.15, 0.2) is 53.9 Å². The molecule has 70 valence electrons. The highest BCUT2D eigenvalue weighted by Crippen LogP contribution is 2.11. The van der Waals surface area contributed by atoms with E-state index in [1.807, 2.05) is 13.0 Å². The zero-order chi connectivity index (χ0) is 10.1. The fraction of sp³-hybridized carbons (Fsp3) is 0.182. The molecule has 0 unspecified atom stereocenters. The lowest BCUT2D eigenvalue weighted by Crippen LogP contribution is -1.89. The Morgan fingerprint density at radius 1 is 1.31 bits per heavy atom. The number of rotatable bonds is 5. The molecule has 0 heterocycles. The molecule has 0 radical (unpaired) electrons. The van der Waals surface area contributed by atoms with Gasteiger partial charge in [-0.2, -0.15) is 0 Å². The normalized spacial score (nSPS) is 13.1. The molecular formula is C11H15NO. The van der Waals surface area contributed by atoms with Crippen molar-refractivity contribution in [3.8, 4) is 0 Å². The van der Waals surface area contributed by atoms with E-state index in [2.05, 4.69) is 18.2 Å². The fourth-order valence-corrected chi connectivity index (χ4v) is 0.778. The summed E-state index contributed by atoms with van der Waals surface area (Å²) < 4.78 is 5.11. The molecule has 0 rings (SSSR count). The van der Waals surface area contributed by atoms with E-state index in [1.54, 1.807) is 31.6 Å². The van der Waals surface area contributed by atoms with Crippen molar-refractivity contribution in [2.24, 2.45) is 4.99 Å². The van der Waals surface area contributed by atoms with E-state index >= 15 is 0 Å². The first-order valence-electron chi connectivity index (χ1n) is 3.98. The molecule has 0 amide bonds. The lowest BCUT2D eigenvalue weighted by molar-refractivity contribution is 0.300. The maximum atomic E-state index is 5.11. The highest BCUT2D eigenvalue weighted by molar-refractivity contribution is 5.71. The van der Waals surface area contributed by atoms with E-state index in [0.717, 1.165) is 5.70 Å². The predicted molar refractivity (Wildman–Crippen MR) is 57.7 cm³/mol. The van der Waals surface area contributed by atoms with Gasteiger partial charge in [-0.3, -0.25) is 4.99 Å². The molecule has 0 saturated carbocycles. The first-order chi connectivity index (χ1) is 6.29. The van der Waals surface area contributed by atoms with Crippen LogP contribution in [0.1, 0.15) is 6.92 Å². The summed E-state index contributed by atoms with van der Waals surface area (Å²) in [5.41, 5.74) is 0.766. The van der Waals surface area contributed by atoms with Crippen LogP contribution in [-0.2, 0) is 4.74 Å². The maximum absolute atomic E-state index is 5.11. The summed E-state index contributed by atoms with van der Waals surface area (Å²) in [6.07, 6.45) is 8.51. The molecule has 0 atom stereocenters. The molecule has 0 saturated heterocycles. The second kappa shape index (κ2) is 7.10. The first-order valence-corrected chi connectivity index (χ1v) is 3.98. The minimum atomic E-state index is 0.690. The molecule has 0 fully saturated rings. The third-order valence-electron chi connectivity index (χ3n) is 1.33. The summed E-state index contributed by atoms with van der Waals surface area (Å²) in [6, 6.07) is 0. The van der Waals surface area contributed by atoms with Crippen molar-refractivity contribution in [1.82, 2.24) is 0 Å². The number of nitrogens with zero attached hydrogens (tertiary/aromatic N) is 1. The van der Waals surface area contributed by atoms with Gasteiger partial charge in [-0.05, 0) is 13.0 Å². The maximum Gasteiger partial charge on any atom is 0.144 e. The Bertz CT molecular complexity index is 259. The number of hydrogen-bond donors (Lipinski definition) is 0. The molecule has 0 aliphatic rings. The molecular weight excluding hydrogens is 162 g/mol. The Balaban J connectivity index is 4.74. The smallest absolute Gasteiger partial charge is 0.144 e. The monoisotopic (exact) mass is 177 g/mol. The predicted octanol–water partition coefficient (Wildman–Crippen LogP) is 2.86. The summed E-state index contributed by atoms with van der Waals surface area (Å²) in [5.74, 6) is 0.690. The van der Waals surface area contributed by atoms with Gasteiger partial charge in [0.05, 0.1) is 7.11 Å². The molecule has 0 N–H and O–H groups in total. The fourth-order valence-electron chi connectivity index (χ4n) is 0.778. The summed E-state index contributed by atoms with van der Waals surface area (Å²) in [5, 5.41) is 0. The van der Waals surface area contributed by atoms with Gasteiger partial charge in [0.25, 0.3) is 0 Å². The SMILES string of the molecule is C=CC=NC(=C/C)/C(=C\C=C)OC. The van der Waals surface area contributed by atoms with E-state index in [4.69, 9.17) is 4.74 Å². The van der Waals surface area contributed by atoms with Crippen molar-refractivity contribution in [1.29, 1.82) is 0 Å². The van der Waals surface area contributed by atoms with Gasteiger partial charge in [0.1, 0.15) is 11.5 Å². The van der Waals surface area contributed by atoms with Gasteiger partial charge in [-0.15, -0.1) is 0 Å². The minimum Gasteiger partial charge on any atom is -0.495 e. The molecule has 0 aromatic heterocycles. The largest absolute Gasteiger partial charge is 0.495 e. The van der Waals surface area contributed by atoms with Crippen LogP contribution in [0.4, 0.5) is 0 Å². The molecule has 0 aromatic rings. The summed E-state index contributed by atoms with van der Waals surface area (Å²) in [6.45, 7) is 9.03. The highest BCUT2D eigenvalue weighted by atomic mass is 16.5. The molecule has 0 bridgehead atoms. The minimum absolute atomic E-state index is 0.690. The van der Waals surface area contributed by atoms with Crippen LogP contribution < -0.4 is 0 Å². The zero-order valence-electron chi connectivity index (χ0n) is 8.16. The second-order valence-corrected chi connectivity index (χ2v) is 2.16. The number of allylic oxidation sites excluding steroid dienone is 4. The van der Waals surface area contributed by atoms with Gasteiger partial charge in [0.2, 0.25) is 0 Å². The van der Waals surface area contributed by atoms with Crippen LogP contribution in [0.3, 0.4) is 0 Å². The standard InChI is InChI=1S/C11H15NO/c1-5-8-11(13-4)10(7-3)12-9-6-2/h5-9H,1-2H2,3-4H3/b10-7+,11-8+,12-9?. The van der Waals surface area contributed by atoms with Crippen molar-refractivity contribution in [3.05, 3.63) is 48.9 Å². The molecule has 2 heteroatoms. The van der Waals surface area contributed by atoms with Crippen molar-refractivity contribution < 1.29 is 4.74 Å². The summed E-state index contributed by atoms with van der Waals surface area (Å²) in [7, 11) is 1.60. The topological polar surface area (TPSA) is 21.6 Å². The number of aliphatic imine (C=N–C) groups is 1. The van der Waals surface area contributed by atoms with Crippen molar-refractivity contribution in [2.45, 2.75) is 6.92 Å². The van der Waals surface area contributed by atoms with Gasteiger partial charge in [0.15, 0.2) is 0 Å². The van der Waals surface area contributed by atoms with Gasteiger partial charge < -0.3 is 4.74 Å². The van der Waals surface area contributed by atoms with E-state index in [9.17, 15) is 0 Å². The third kappa shape index (κ3) is 4.11. The van der Waals surface area contributed by atoms with Gasteiger partial charge in [0, 0.05) is 6.21 Å². The van der Waals surface area contributed by atoms with Crippen LogP contribution >= 0.6 is 0 Å². The van der Waals surface area contributed by atoms with E-state index in [-0.39, 0.29) is 0 Å². The number of ether oxygens (including phenoxy) is 1. The van der Waals surface area contributed by atoms with Gasteiger partial charge >= 0.3 is 0 Å². The van der Waals surface area contributed by atoms with Crippen LogP contribution in [0.25, 0.3) is 0 Å². The van der Waals surface area contributed by atoms with Crippen molar-refractivity contribution >= 4 is 6.21 Å². The Labute approximate surface area is 79.6 Å². The third-order valence-corrected chi connectivity index (χ3v) is 1.33. The van der Waals surface area contributed by atoms with Crippen LogP contribution in [0.5, 0.6) is 0 Å². The lowest BCUT2D eigenvalue weighted by atomic mass is 10.3. The van der Waals surface area contributed by atoms with E-state index < -0.39 is 0 Å². The lowest BCUT2D eigenvalue weighted by Gasteiger charge is -2.04. The number of methoxy groups -OCH3 is 1. The summed E-state index contributed by atoms with van der Waals surface area (Å²) >= 11 is 0. The molecule has 0 spiro atoms. The summed E-state index contributed by atoms with van der Waals surface area (Å²) in [4.78, 5) is 4.13. The van der Waals surface area contributed by atoms with E-state index in [0.29, 0.717) is 5.76 Å². The Hall–Kier alpha value is -1.57. The van der Waals surface area contributed by atoms with Crippen molar-refractivity contribution in [3.63, 3.8) is 0 Å². The average molecular weight is 177 g/mol. The van der Waals surface area contributed by atoms with Crippen LogP contribution in [0.2, 0.25) is 0 Å². The van der Waals surface area contributed by atoms with Gasteiger partial charge in [-0.25, -0.2) is 0 Å². The van der Waals surface area contributed by atoms with Crippen LogP contribution in [-0.4, -0.2) is 13.3 Å². The molecule has 0 aromatic carbocycles. The molecule has 2 nitrogen and oxygen atoms in total. The van der Waals surface area contributed by atoms with Crippen molar-refractivity contribution in [2.75, 3.05) is 7.11 Å². The average Bonchev–Trinajstić information content (AvgIpc) is 2.17. The van der Waals surface area contributed by atoms with Crippen LogP contribution in [0, 0.1) is 0 Å². The Morgan fingerprint density at radius 2 is 2.00 bits per heavy atom. The number of hydrogen-bond acceptors (Lipinski definition) is 2. The Morgan fingerprint density at radius 3 is 2.38 bits per heavy atom. The first kappa shape index (κ1) is 11.4. The zero-order valence-corrected chi connectivity index (χ0v) is 8.16.